The molecule has 0 radical (unpaired) electrons. The molecule has 0 spiro atoms. The maximum absolute atomic E-state index is 8.77. The SMILES string of the molecule is N#Cc1ccc(NCCCc2ncc[nH]2)cc1N. The number of rotatable bonds is 5. The van der Waals surface area contributed by atoms with Gasteiger partial charge in [-0.15, -0.1) is 0 Å². The molecule has 0 saturated heterocycles. The molecule has 1 heterocycles. The Morgan fingerprint density at radius 1 is 1.44 bits per heavy atom. The molecule has 1 aromatic carbocycles. The number of anilines is 2. The summed E-state index contributed by atoms with van der Waals surface area (Å²) in [6.45, 7) is 0.839. The van der Waals surface area contributed by atoms with Crippen LogP contribution >= 0.6 is 0 Å². The number of aromatic nitrogens is 2. The number of nitrogens with zero attached hydrogens (tertiary/aromatic N) is 2. The number of nitrogens with two attached hydrogens (primary N) is 1. The fourth-order valence-electron chi connectivity index (χ4n) is 1.70. The van der Waals surface area contributed by atoms with Crippen LogP contribution in [0.5, 0.6) is 0 Å². The molecule has 5 nitrogen and oxygen atoms in total. The number of hydrogen-bond acceptors (Lipinski definition) is 4. The van der Waals surface area contributed by atoms with Gasteiger partial charge in [-0.3, -0.25) is 0 Å². The van der Waals surface area contributed by atoms with E-state index in [9.17, 15) is 0 Å². The number of nitriles is 1. The van der Waals surface area contributed by atoms with Crippen LogP contribution in [0.2, 0.25) is 0 Å². The van der Waals surface area contributed by atoms with Crippen molar-refractivity contribution in [2.45, 2.75) is 12.8 Å². The quantitative estimate of drug-likeness (QED) is 0.551. The van der Waals surface area contributed by atoms with Crippen LogP contribution < -0.4 is 11.1 Å². The van der Waals surface area contributed by atoms with Crippen molar-refractivity contribution in [2.75, 3.05) is 17.6 Å². The Bertz CT molecular complexity index is 539. The molecule has 0 unspecified atom stereocenters. The topological polar surface area (TPSA) is 90.5 Å². The van der Waals surface area contributed by atoms with E-state index in [1.54, 1.807) is 18.3 Å². The first-order chi connectivity index (χ1) is 8.79. The second kappa shape index (κ2) is 5.73. The lowest BCUT2D eigenvalue weighted by molar-refractivity contribution is 0.816. The molecule has 18 heavy (non-hydrogen) atoms. The summed E-state index contributed by atoms with van der Waals surface area (Å²) in [6, 6.07) is 7.42. The van der Waals surface area contributed by atoms with Gasteiger partial charge in [0.1, 0.15) is 11.9 Å². The summed E-state index contributed by atoms with van der Waals surface area (Å²) < 4.78 is 0. The average molecular weight is 241 g/mol. The zero-order valence-corrected chi connectivity index (χ0v) is 9.98. The smallest absolute Gasteiger partial charge is 0.106 e. The van der Waals surface area contributed by atoms with Crippen LogP contribution in [0.25, 0.3) is 0 Å². The van der Waals surface area contributed by atoms with E-state index < -0.39 is 0 Å². The molecular formula is C13H15N5. The molecule has 0 bridgehead atoms. The molecule has 0 saturated carbocycles. The molecule has 4 N–H and O–H groups in total. The van der Waals surface area contributed by atoms with Gasteiger partial charge >= 0.3 is 0 Å². The van der Waals surface area contributed by atoms with Crippen LogP contribution in [-0.2, 0) is 6.42 Å². The zero-order chi connectivity index (χ0) is 12.8. The average Bonchev–Trinajstić information content (AvgIpc) is 2.88. The Morgan fingerprint density at radius 3 is 3.00 bits per heavy atom. The minimum atomic E-state index is 0.508. The summed E-state index contributed by atoms with van der Waals surface area (Å²) in [5.41, 5.74) is 7.69. The number of H-pyrrole nitrogens is 1. The van der Waals surface area contributed by atoms with E-state index in [0.29, 0.717) is 11.3 Å². The predicted molar refractivity (Wildman–Crippen MR) is 71.0 cm³/mol. The fourth-order valence-corrected chi connectivity index (χ4v) is 1.70. The van der Waals surface area contributed by atoms with Crippen molar-refractivity contribution in [1.29, 1.82) is 5.26 Å². The van der Waals surface area contributed by atoms with Crippen LogP contribution in [0.4, 0.5) is 11.4 Å². The molecule has 1 aromatic heterocycles. The number of nitrogens with one attached hydrogen (secondary N) is 2. The molecule has 0 aliphatic rings. The van der Waals surface area contributed by atoms with E-state index in [0.717, 1.165) is 30.9 Å². The van der Waals surface area contributed by atoms with Gasteiger partial charge in [0, 0.05) is 31.0 Å². The third-order valence-corrected chi connectivity index (χ3v) is 2.65. The Hall–Kier alpha value is -2.48. The van der Waals surface area contributed by atoms with E-state index in [-0.39, 0.29) is 0 Å². The third kappa shape index (κ3) is 3.01. The Kier molecular flexibility index (Phi) is 3.82. The van der Waals surface area contributed by atoms with Gasteiger partial charge < -0.3 is 16.0 Å². The molecule has 0 atom stereocenters. The predicted octanol–water partition coefficient (Wildman–Crippen LogP) is 1.91. The summed E-state index contributed by atoms with van der Waals surface area (Å²) >= 11 is 0. The van der Waals surface area contributed by atoms with Crippen molar-refractivity contribution >= 4 is 11.4 Å². The summed E-state index contributed by atoms with van der Waals surface area (Å²) in [5, 5.41) is 12.0. The number of hydrogen-bond donors (Lipinski definition) is 3. The van der Waals surface area contributed by atoms with Crippen molar-refractivity contribution in [3.8, 4) is 6.07 Å². The van der Waals surface area contributed by atoms with Crippen molar-refractivity contribution in [3.05, 3.63) is 42.0 Å². The van der Waals surface area contributed by atoms with E-state index in [4.69, 9.17) is 11.0 Å². The van der Waals surface area contributed by atoms with E-state index in [1.807, 2.05) is 18.3 Å². The molecule has 0 aliphatic carbocycles. The van der Waals surface area contributed by atoms with Gasteiger partial charge in [-0.25, -0.2) is 4.98 Å². The van der Waals surface area contributed by atoms with Crippen molar-refractivity contribution in [1.82, 2.24) is 9.97 Å². The maximum atomic E-state index is 8.77. The third-order valence-electron chi connectivity index (χ3n) is 2.65. The molecule has 2 rings (SSSR count). The number of aryl methyl sites for hydroxylation is 1. The molecule has 2 aromatic rings. The van der Waals surface area contributed by atoms with Gasteiger partial charge in [0.25, 0.3) is 0 Å². The molecule has 92 valence electrons. The van der Waals surface area contributed by atoms with Crippen LogP contribution in [-0.4, -0.2) is 16.5 Å². The molecular weight excluding hydrogens is 226 g/mol. The lowest BCUT2D eigenvalue weighted by Crippen LogP contribution is -2.04. The first kappa shape index (κ1) is 12.0. The fraction of sp³-hybridized carbons (Fsp3) is 0.231. The molecule has 0 amide bonds. The van der Waals surface area contributed by atoms with Crippen LogP contribution in [0.1, 0.15) is 17.8 Å². The first-order valence-electron chi connectivity index (χ1n) is 5.81. The van der Waals surface area contributed by atoms with E-state index in [2.05, 4.69) is 15.3 Å². The number of benzene rings is 1. The van der Waals surface area contributed by atoms with E-state index >= 15 is 0 Å². The van der Waals surface area contributed by atoms with Gasteiger partial charge in [-0.1, -0.05) is 0 Å². The number of aromatic amines is 1. The Balaban J connectivity index is 1.80. The van der Waals surface area contributed by atoms with Crippen LogP contribution in [0.3, 0.4) is 0 Å². The van der Waals surface area contributed by atoms with Gasteiger partial charge in [0.2, 0.25) is 0 Å². The normalized spacial score (nSPS) is 9.94. The van der Waals surface area contributed by atoms with Gasteiger partial charge in [0.05, 0.1) is 11.3 Å². The van der Waals surface area contributed by atoms with Gasteiger partial charge in [0.15, 0.2) is 0 Å². The minimum absolute atomic E-state index is 0.508. The highest BCUT2D eigenvalue weighted by molar-refractivity contribution is 5.62. The molecule has 0 aliphatic heterocycles. The van der Waals surface area contributed by atoms with Crippen LogP contribution in [0.15, 0.2) is 30.6 Å². The van der Waals surface area contributed by atoms with Crippen LogP contribution in [0, 0.1) is 11.3 Å². The number of imidazole rings is 1. The highest BCUT2D eigenvalue weighted by atomic mass is 14.9. The summed E-state index contributed by atoms with van der Waals surface area (Å²) in [4.78, 5) is 7.22. The van der Waals surface area contributed by atoms with E-state index in [1.165, 1.54) is 0 Å². The Morgan fingerprint density at radius 2 is 2.33 bits per heavy atom. The maximum Gasteiger partial charge on any atom is 0.106 e. The Labute approximate surface area is 106 Å². The van der Waals surface area contributed by atoms with Gasteiger partial charge in [-0.2, -0.15) is 5.26 Å². The molecule has 0 fully saturated rings. The lowest BCUT2D eigenvalue weighted by Gasteiger charge is -2.07. The summed E-state index contributed by atoms with van der Waals surface area (Å²) in [5.74, 6) is 0.996. The number of nitrogen functional groups attached to an aromatic ring is 1. The van der Waals surface area contributed by atoms with Crippen molar-refractivity contribution in [2.24, 2.45) is 0 Å². The highest BCUT2D eigenvalue weighted by Crippen LogP contribution is 2.17. The first-order valence-corrected chi connectivity index (χ1v) is 5.81. The largest absolute Gasteiger partial charge is 0.398 e. The summed E-state index contributed by atoms with van der Waals surface area (Å²) in [7, 11) is 0. The zero-order valence-electron chi connectivity index (χ0n) is 9.98. The van der Waals surface area contributed by atoms with Crippen molar-refractivity contribution in [3.63, 3.8) is 0 Å². The lowest BCUT2D eigenvalue weighted by atomic mass is 10.2. The molecule has 5 heteroatoms. The monoisotopic (exact) mass is 241 g/mol. The highest BCUT2D eigenvalue weighted by Gasteiger charge is 2.00. The standard InChI is InChI=1S/C13H15N5/c14-9-10-3-4-11(8-12(10)15)16-5-1-2-13-17-6-7-18-13/h3-4,6-8,16H,1-2,5,15H2,(H,17,18). The van der Waals surface area contributed by atoms with Crippen molar-refractivity contribution < 1.29 is 0 Å². The second-order valence-corrected chi connectivity index (χ2v) is 3.98. The van der Waals surface area contributed by atoms with Gasteiger partial charge in [-0.05, 0) is 24.6 Å². The summed E-state index contributed by atoms with van der Waals surface area (Å²) in [6.07, 6.45) is 5.47. The second-order valence-electron chi connectivity index (χ2n) is 3.98. The minimum Gasteiger partial charge on any atom is -0.398 e.